The number of rotatable bonds is 9. The standard InChI is InChI=1S/C21H25N3O6S/c25-21(26)17-9-11-23(12-10-17)13-14-31(29,30)22-19-8-4-7-18(20(19)24(27)28)15-16-5-2-1-3-6-16/h1-8,17,22H,9-15H2,(H,25,26). The largest absolute Gasteiger partial charge is 0.481 e. The molecule has 9 nitrogen and oxygen atoms in total. The van der Waals surface area contributed by atoms with Crippen molar-refractivity contribution in [3.63, 3.8) is 0 Å². The van der Waals surface area contributed by atoms with Gasteiger partial charge in [-0.3, -0.25) is 19.6 Å². The van der Waals surface area contributed by atoms with Crippen molar-refractivity contribution in [2.24, 2.45) is 5.92 Å². The average Bonchev–Trinajstić information content (AvgIpc) is 2.73. The van der Waals surface area contributed by atoms with Crippen LogP contribution in [0.4, 0.5) is 11.4 Å². The number of sulfonamides is 1. The lowest BCUT2D eigenvalue weighted by Gasteiger charge is -2.29. The molecule has 2 aromatic rings. The lowest BCUT2D eigenvalue weighted by Crippen LogP contribution is -2.39. The van der Waals surface area contributed by atoms with E-state index in [2.05, 4.69) is 4.72 Å². The number of likely N-dealkylation sites (tertiary alicyclic amines) is 1. The molecule has 0 aliphatic carbocycles. The minimum atomic E-state index is -3.82. The van der Waals surface area contributed by atoms with Crippen LogP contribution in [-0.2, 0) is 21.2 Å². The Morgan fingerprint density at radius 2 is 1.81 bits per heavy atom. The van der Waals surface area contributed by atoms with Crippen LogP contribution in [0.2, 0.25) is 0 Å². The van der Waals surface area contributed by atoms with Gasteiger partial charge in [0.25, 0.3) is 5.69 Å². The van der Waals surface area contributed by atoms with Gasteiger partial charge in [-0.1, -0.05) is 42.5 Å². The monoisotopic (exact) mass is 447 g/mol. The molecule has 0 atom stereocenters. The van der Waals surface area contributed by atoms with Crippen LogP contribution >= 0.6 is 0 Å². The van der Waals surface area contributed by atoms with E-state index in [1.54, 1.807) is 12.1 Å². The lowest BCUT2D eigenvalue weighted by atomic mass is 9.97. The van der Waals surface area contributed by atoms with Gasteiger partial charge in [0.05, 0.1) is 16.6 Å². The number of anilines is 1. The van der Waals surface area contributed by atoms with E-state index in [1.165, 1.54) is 6.07 Å². The zero-order valence-corrected chi connectivity index (χ0v) is 17.8. The minimum absolute atomic E-state index is 0.0528. The van der Waals surface area contributed by atoms with E-state index >= 15 is 0 Å². The van der Waals surface area contributed by atoms with E-state index < -0.39 is 20.9 Å². The van der Waals surface area contributed by atoms with Crippen LogP contribution in [0.3, 0.4) is 0 Å². The predicted octanol–water partition coefficient (Wildman–Crippen LogP) is 2.72. The highest BCUT2D eigenvalue weighted by atomic mass is 32.2. The van der Waals surface area contributed by atoms with Crippen molar-refractivity contribution in [2.45, 2.75) is 19.3 Å². The molecule has 2 aromatic carbocycles. The number of nitrogens with one attached hydrogen (secondary N) is 1. The van der Waals surface area contributed by atoms with Crippen molar-refractivity contribution in [1.82, 2.24) is 4.90 Å². The Bertz CT molecular complexity index is 1030. The van der Waals surface area contributed by atoms with Crippen LogP contribution in [-0.4, -0.2) is 54.7 Å². The van der Waals surface area contributed by atoms with Gasteiger partial charge in [-0.25, -0.2) is 8.42 Å². The van der Waals surface area contributed by atoms with Crippen LogP contribution in [0, 0.1) is 16.0 Å². The summed E-state index contributed by atoms with van der Waals surface area (Å²) in [5, 5.41) is 20.8. The number of hydrogen-bond donors (Lipinski definition) is 2. The molecule has 31 heavy (non-hydrogen) atoms. The summed E-state index contributed by atoms with van der Waals surface area (Å²) in [7, 11) is -3.82. The number of nitrogens with zero attached hydrogens (tertiary/aromatic N) is 2. The van der Waals surface area contributed by atoms with Gasteiger partial charge in [-0.15, -0.1) is 0 Å². The van der Waals surface area contributed by atoms with Gasteiger partial charge in [0, 0.05) is 18.5 Å². The number of nitro groups is 1. The van der Waals surface area contributed by atoms with Gasteiger partial charge in [-0.05, 0) is 37.6 Å². The molecule has 1 heterocycles. The first-order valence-corrected chi connectivity index (χ1v) is 11.7. The smallest absolute Gasteiger partial charge is 0.306 e. The van der Waals surface area contributed by atoms with Gasteiger partial charge in [0.2, 0.25) is 10.0 Å². The zero-order chi connectivity index (χ0) is 22.4. The zero-order valence-electron chi connectivity index (χ0n) is 16.9. The third-order valence-corrected chi connectivity index (χ3v) is 6.67. The summed E-state index contributed by atoms with van der Waals surface area (Å²) in [5.74, 6) is -1.44. The maximum atomic E-state index is 12.6. The fourth-order valence-electron chi connectivity index (χ4n) is 3.72. The van der Waals surface area contributed by atoms with E-state index in [9.17, 15) is 23.3 Å². The van der Waals surface area contributed by atoms with Gasteiger partial charge >= 0.3 is 5.97 Å². The first-order chi connectivity index (χ1) is 14.7. The Morgan fingerprint density at radius 3 is 2.42 bits per heavy atom. The molecule has 10 heteroatoms. The predicted molar refractivity (Wildman–Crippen MR) is 117 cm³/mol. The Morgan fingerprint density at radius 1 is 1.13 bits per heavy atom. The number of carboxylic acids is 1. The van der Waals surface area contributed by atoms with E-state index in [0.717, 1.165) is 5.56 Å². The molecule has 0 radical (unpaired) electrons. The molecule has 1 fully saturated rings. The number of carbonyl (C=O) groups is 1. The summed E-state index contributed by atoms with van der Waals surface area (Å²) in [4.78, 5) is 24.1. The van der Waals surface area contributed by atoms with Gasteiger partial charge < -0.3 is 10.0 Å². The summed E-state index contributed by atoms with van der Waals surface area (Å²) in [6.07, 6.45) is 1.27. The molecule has 1 aliphatic rings. The van der Waals surface area contributed by atoms with Crippen LogP contribution in [0.1, 0.15) is 24.0 Å². The van der Waals surface area contributed by atoms with Crippen molar-refractivity contribution < 1.29 is 23.2 Å². The summed E-state index contributed by atoms with van der Waals surface area (Å²) in [5.41, 5.74) is 1.00. The third-order valence-electron chi connectivity index (χ3n) is 5.42. The van der Waals surface area contributed by atoms with Crippen molar-refractivity contribution in [2.75, 3.05) is 30.1 Å². The normalized spacial score (nSPS) is 15.5. The summed E-state index contributed by atoms with van der Waals surface area (Å²) in [6.45, 7) is 1.26. The number of aliphatic carboxylic acids is 1. The van der Waals surface area contributed by atoms with E-state index in [1.807, 2.05) is 35.2 Å². The molecule has 2 N–H and O–H groups in total. The van der Waals surface area contributed by atoms with Crippen molar-refractivity contribution in [1.29, 1.82) is 0 Å². The van der Waals surface area contributed by atoms with Crippen LogP contribution in [0.15, 0.2) is 48.5 Å². The maximum Gasteiger partial charge on any atom is 0.306 e. The van der Waals surface area contributed by atoms with Crippen LogP contribution < -0.4 is 4.72 Å². The highest BCUT2D eigenvalue weighted by Crippen LogP contribution is 2.31. The fourth-order valence-corrected chi connectivity index (χ4v) is 4.82. The SMILES string of the molecule is O=C(O)C1CCN(CCS(=O)(=O)Nc2cccc(Cc3ccccc3)c2[N+](=O)[O-])CC1. The van der Waals surface area contributed by atoms with E-state index in [-0.39, 0.29) is 29.6 Å². The summed E-state index contributed by atoms with van der Waals surface area (Å²) >= 11 is 0. The molecule has 166 valence electrons. The minimum Gasteiger partial charge on any atom is -0.481 e. The molecular weight excluding hydrogens is 422 g/mol. The number of para-hydroxylation sites is 1. The van der Waals surface area contributed by atoms with Gasteiger partial charge in [0.1, 0.15) is 5.69 Å². The number of piperidine rings is 1. The van der Waals surface area contributed by atoms with Crippen molar-refractivity contribution in [3.05, 3.63) is 69.8 Å². The number of carboxylic acid groups (broad SMARTS) is 1. The molecule has 0 bridgehead atoms. The number of nitro benzene ring substituents is 1. The Labute approximate surface area is 180 Å². The second-order valence-corrected chi connectivity index (χ2v) is 9.45. The quantitative estimate of drug-likeness (QED) is 0.446. The molecule has 0 spiro atoms. The van der Waals surface area contributed by atoms with Crippen LogP contribution in [0.25, 0.3) is 0 Å². The Hall–Kier alpha value is -2.98. The Balaban J connectivity index is 1.68. The average molecular weight is 448 g/mol. The summed E-state index contributed by atoms with van der Waals surface area (Å²) < 4.78 is 27.6. The number of hydrogen-bond acceptors (Lipinski definition) is 6. The molecule has 0 unspecified atom stereocenters. The lowest BCUT2D eigenvalue weighted by molar-refractivity contribution is -0.384. The molecule has 0 aromatic heterocycles. The van der Waals surface area contributed by atoms with Crippen LogP contribution in [0.5, 0.6) is 0 Å². The molecule has 0 amide bonds. The molecule has 3 rings (SSSR count). The topological polar surface area (TPSA) is 130 Å². The second-order valence-electron chi connectivity index (χ2n) is 7.61. The van der Waals surface area contributed by atoms with Crippen molar-refractivity contribution in [3.8, 4) is 0 Å². The fraction of sp³-hybridized carbons (Fsp3) is 0.381. The van der Waals surface area contributed by atoms with E-state index in [0.29, 0.717) is 37.9 Å². The first kappa shape index (κ1) is 22.7. The highest BCUT2D eigenvalue weighted by Gasteiger charge is 2.27. The third kappa shape index (κ3) is 6.25. The van der Waals surface area contributed by atoms with Crippen molar-refractivity contribution >= 4 is 27.4 Å². The second kappa shape index (κ2) is 9.88. The van der Waals surface area contributed by atoms with Gasteiger partial charge in [0.15, 0.2) is 0 Å². The van der Waals surface area contributed by atoms with Gasteiger partial charge in [-0.2, -0.15) is 0 Å². The Kier molecular flexibility index (Phi) is 7.24. The molecule has 1 aliphatic heterocycles. The summed E-state index contributed by atoms with van der Waals surface area (Å²) in [6, 6.07) is 13.9. The molecule has 1 saturated heterocycles. The first-order valence-electron chi connectivity index (χ1n) is 10.0. The number of benzene rings is 2. The highest BCUT2D eigenvalue weighted by molar-refractivity contribution is 7.92. The molecular formula is C21H25N3O6S. The maximum absolute atomic E-state index is 12.6. The van der Waals surface area contributed by atoms with E-state index in [4.69, 9.17) is 5.11 Å². The molecule has 0 saturated carbocycles.